The molecular formula is C12H9Br2NO. The fourth-order valence-electron chi connectivity index (χ4n) is 1.21. The number of nitrogens with zero attached hydrogens (tertiary/aromatic N) is 1. The molecule has 0 unspecified atom stereocenters. The topological polar surface area (TPSA) is 22.1 Å². The second-order valence-corrected chi connectivity index (χ2v) is 4.96. The highest BCUT2D eigenvalue weighted by Crippen LogP contribution is 2.24. The van der Waals surface area contributed by atoms with Crippen molar-refractivity contribution in [2.45, 2.75) is 6.61 Å². The van der Waals surface area contributed by atoms with E-state index in [4.69, 9.17) is 4.74 Å². The monoisotopic (exact) mass is 341 g/mol. The van der Waals surface area contributed by atoms with E-state index < -0.39 is 0 Å². The molecule has 0 N–H and O–H groups in total. The second kappa shape index (κ2) is 5.46. The maximum absolute atomic E-state index is 5.64. The van der Waals surface area contributed by atoms with Gasteiger partial charge in [0.2, 0.25) is 0 Å². The van der Waals surface area contributed by atoms with Gasteiger partial charge in [0, 0.05) is 10.7 Å². The third kappa shape index (κ3) is 3.06. The lowest BCUT2D eigenvalue weighted by molar-refractivity contribution is 0.299. The van der Waals surface area contributed by atoms with E-state index in [-0.39, 0.29) is 0 Å². The molecule has 2 nitrogen and oxygen atoms in total. The lowest BCUT2D eigenvalue weighted by atomic mass is 10.3. The number of hydrogen-bond acceptors (Lipinski definition) is 2. The van der Waals surface area contributed by atoms with Gasteiger partial charge in [-0.05, 0) is 56.1 Å². The Morgan fingerprint density at radius 3 is 2.56 bits per heavy atom. The number of rotatable bonds is 3. The summed E-state index contributed by atoms with van der Waals surface area (Å²) < 4.78 is 7.56. The third-order valence-corrected chi connectivity index (χ3v) is 3.13. The van der Waals surface area contributed by atoms with E-state index in [2.05, 4.69) is 36.8 Å². The zero-order chi connectivity index (χ0) is 11.4. The predicted octanol–water partition coefficient (Wildman–Crippen LogP) is 4.19. The van der Waals surface area contributed by atoms with Gasteiger partial charge in [0.05, 0.1) is 10.2 Å². The molecule has 0 aliphatic rings. The Morgan fingerprint density at radius 1 is 1.06 bits per heavy atom. The van der Waals surface area contributed by atoms with Gasteiger partial charge < -0.3 is 4.74 Å². The number of aromatic nitrogens is 1. The fourth-order valence-corrected chi connectivity index (χ4v) is 1.84. The molecule has 1 heterocycles. The van der Waals surface area contributed by atoms with Crippen LogP contribution in [0.5, 0.6) is 5.75 Å². The molecule has 4 heteroatoms. The normalized spacial score (nSPS) is 10.1. The second-order valence-electron chi connectivity index (χ2n) is 3.19. The number of ether oxygens (including phenoxy) is 1. The van der Waals surface area contributed by atoms with Gasteiger partial charge in [-0.3, -0.25) is 4.98 Å². The summed E-state index contributed by atoms with van der Waals surface area (Å²) in [6.45, 7) is 0.468. The minimum Gasteiger partial charge on any atom is -0.486 e. The van der Waals surface area contributed by atoms with Crippen molar-refractivity contribution in [3.63, 3.8) is 0 Å². The molecule has 0 aliphatic heterocycles. The van der Waals surface area contributed by atoms with Gasteiger partial charge in [-0.1, -0.05) is 12.1 Å². The zero-order valence-electron chi connectivity index (χ0n) is 8.36. The molecule has 2 rings (SSSR count). The molecule has 0 bridgehead atoms. The van der Waals surface area contributed by atoms with Crippen molar-refractivity contribution in [1.29, 1.82) is 0 Å². The summed E-state index contributed by atoms with van der Waals surface area (Å²) in [4.78, 5) is 4.24. The minimum atomic E-state index is 0.468. The smallest absolute Gasteiger partial charge is 0.134 e. The van der Waals surface area contributed by atoms with Crippen molar-refractivity contribution in [2.75, 3.05) is 0 Å². The highest BCUT2D eigenvalue weighted by atomic mass is 79.9. The van der Waals surface area contributed by atoms with Crippen molar-refractivity contribution < 1.29 is 4.74 Å². The number of para-hydroxylation sites is 1. The van der Waals surface area contributed by atoms with E-state index in [1.165, 1.54) is 0 Å². The molecule has 1 aromatic heterocycles. The van der Waals surface area contributed by atoms with Gasteiger partial charge in [0.1, 0.15) is 12.4 Å². The van der Waals surface area contributed by atoms with Crippen LogP contribution >= 0.6 is 31.9 Å². The maximum atomic E-state index is 5.64. The van der Waals surface area contributed by atoms with Crippen LogP contribution in [0.2, 0.25) is 0 Å². The zero-order valence-corrected chi connectivity index (χ0v) is 11.5. The van der Waals surface area contributed by atoms with Gasteiger partial charge in [0.15, 0.2) is 0 Å². The van der Waals surface area contributed by atoms with E-state index >= 15 is 0 Å². The lowest BCUT2D eigenvalue weighted by Gasteiger charge is -2.07. The molecule has 0 aliphatic carbocycles. The van der Waals surface area contributed by atoms with Crippen molar-refractivity contribution in [1.82, 2.24) is 4.98 Å². The van der Waals surface area contributed by atoms with Crippen LogP contribution in [-0.2, 0) is 6.61 Å². The van der Waals surface area contributed by atoms with Crippen LogP contribution < -0.4 is 4.74 Å². The Bertz CT molecular complexity index is 471. The van der Waals surface area contributed by atoms with Crippen LogP contribution in [-0.4, -0.2) is 4.98 Å². The molecule has 1 aromatic carbocycles. The highest BCUT2D eigenvalue weighted by Gasteiger charge is 2.00. The number of benzene rings is 1. The summed E-state index contributed by atoms with van der Waals surface area (Å²) in [5.41, 5.74) is 0.902. The Morgan fingerprint density at radius 2 is 1.88 bits per heavy atom. The summed E-state index contributed by atoms with van der Waals surface area (Å²) in [5.74, 6) is 0.826. The molecule has 0 amide bonds. The molecule has 0 radical (unpaired) electrons. The quantitative estimate of drug-likeness (QED) is 0.834. The fraction of sp³-hybridized carbons (Fsp3) is 0.0833. The van der Waals surface area contributed by atoms with Crippen molar-refractivity contribution in [2.24, 2.45) is 0 Å². The van der Waals surface area contributed by atoms with Crippen LogP contribution in [0.15, 0.2) is 51.5 Å². The molecule has 0 saturated heterocycles. The summed E-state index contributed by atoms with van der Waals surface area (Å²) in [7, 11) is 0. The largest absolute Gasteiger partial charge is 0.486 e. The Kier molecular flexibility index (Phi) is 3.96. The lowest BCUT2D eigenvalue weighted by Crippen LogP contribution is -1.98. The van der Waals surface area contributed by atoms with Gasteiger partial charge in [-0.2, -0.15) is 0 Å². The van der Waals surface area contributed by atoms with E-state index in [0.29, 0.717) is 6.61 Å². The molecule has 0 spiro atoms. The first kappa shape index (κ1) is 11.6. The van der Waals surface area contributed by atoms with Crippen molar-refractivity contribution in [3.8, 4) is 5.75 Å². The molecule has 16 heavy (non-hydrogen) atoms. The maximum Gasteiger partial charge on any atom is 0.134 e. The standard InChI is InChI=1S/C12H9Br2NO/c13-9-5-6-10(15-7-9)8-16-12-4-2-1-3-11(12)14/h1-7H,8H2. The molecule has 0 atom stereocenters. The van der Waals surface area contributed by atoms with Gasteiger partial charge in [-0.25, -0.2) is 0 Å². The summed E-state index contributed by atoms with van der Waals surface area (Å²) in [5, 5.41) is 0. The predicted molar refractivity (Wildman–Crippen MR) is 70.4 cm³/mol. The number of halogens is 2. The first-order chi connectivity index (χ1) is 7.75. The van der Waals surface area contributed by atoms with Crippen LogP contribution in [0.25, 0.3) is 0 Å². The Labute approximate surface area is 111 Å². The summed E-state index contributed by atoms with van der Waals surface area (Å²) in [6, 6.07) is 11.6. The SMILES string of the molecule is Brc1ccc(COc2ccccc2Br)nc1. The highest BCUT2D eigenvalue weighted by molar-refractivity contribution is 9.10. The van der Waals surface area contributed by atoms with Crippen LogP contribution in [0.4, 0.5) is 0 Å². The van der Waals surface area contributed by atoms with Gasteiger partial charge in [-0.15, -0.1) is 0 Å². The average Bonchev–Trinajstić information content (AvgIpc) is 2.30. The molecule has 2 aromatic rings. The van der Waals surface area contributed by atoms with Crippen molar-refractivity contribution >= 4 is 31.9 Å². The summed E-state index contributed by atoms with van der Waals surface area (Å²) in [6.07, 6.45) is 1.76. The minimum absolute atomic E-state index is 0.468. The number of hydrogen-bond donors (Lipinski definition) is 0. The molecular weight excluding hydrogens is 334 g/mol. The molecule has 82 valence electrons. The average molecular weight is 343 g/mol. The summed E-state index contributed by atoms with van der Waals surface area (Å²) >= 11 is 6.77. The van der Waals surface area contributed by atoms with Crippen molar-refractivity contribution in [3.05, 3.63) is 57.2 Å². The van der Waals surface area contributed by atoms with Gasteiger partial charge in [0.25, 0.3) is 0 Å². The van der Waals surface area contributed by atoms with Gasteiger partial charge >= 0.3 is 0 Å². The molecule has 0 fully saturated rings. The third-order valence-electron chi connectivity index (χ3n) is 2.00. The first-order valence-electron chi connectivity index (χ1n) is 4.73. The number of pyridine rings is 1. The van der Waals surface area contributed by atoms with E-state index in [9.17, 15) is 0 Å². The molecule has 0 saturated carbocycles. The van der Waals surface area contributed by atoms with Crippen LogP contribution in [0.1, 0.15) is 5.69 Å². The first-order valence-corrected chi connectivity index (χ1v) is 6.32. The van der Waals surface area contributed by atoms with Crippen LogP contribution in [0, 0.1) is 0 Å². The van der Waals surface area contributed by atoms with Crippen LogP contribution in [0.3, 0.4) is 0 Å². The van der Waals surface area contributed by atoms with E-state index in [0.717, 1.165) is 20.4 Å². The Hall–Kier alpha value is -0.870. The van der Waals surface area contributed by atoms with E-state index in [1.807, 2.05) is 36.4 Å². The van der Waals surface area contributed by atoms with E-state index in [1.54, 1.807) is 6.20 Å². The Balaban J connectivity index is 2.02.